The molecule has 1 unspecified atom stereocenters. The van der Waals surface area contributed by atoms with E-state index in [-0.39, 0.29) is 13.1 Å². The van der Waals surface area contributed by atoms with E-state index >= 15 is 0 Å². The Kier molecular flexibility index (Phi) is 7.06. The molecule has 0 aliphatic carbocycles. The van der Waals surface area contributed by atoms with Gasteiger partial charge in [-0.1, -0.05) is 12.1 Å². The third-order valence-electron chi connectivity index (χ3n) is 4.57. The maximum atomic E-state index is 12.9. The summed E-state index contributed by atoms with van der Waals surface area (Å²) in [4.78, 5) is 4.38. The number of halogens is 3. The summed E-state index contributed by atoms with van der Waals surface area (Å²) in [6, 6.07) is 12.0. The quantitative estimate of drug-likeness (QED) is 0.367. The van der Waals surface area contributed by atoms with Crippen molar-refractivity contribution in [3.05, 3.63) is 83.7 Å². The van der Waals surface area contributed by atoms with Crippen LogP contribution in [0.1, 0.15) is 29.6 Å². The van der Waals surface area contributed by atoms with Crippen LogP contribution >= 0.6 is 0 Å². The van der Waals surface area contributed by atoms with Gasteiger partial charge in [-0.15, -0.1) is 0 Å². The van der Waals surface area contributed by atoms with E-state index in [1.165, 1.54) is 12.3 Å². The van der Waals surface area contributed by atoms with Gasteiger partial charge in [0, 0.05) is 13.0 Å². The number of nitrogens with one attached hydrogen (secondary N) is 2. The summed E-state index contributed by atoms with van der Waals surface area (Å²) in [5.74, 6) is 1.51. The second-order valence-corrected chi connectivity index (χ2v) is 7.22. The number of hydrogen-bond acceptors (Lipinski definition) is 4. The monoisotopic (exact) mass is 435 g/mol. The standard InChI is InChI=1S/C22H24F3N3O3/c1-21(29,19-8-4-12-31-19)15-28-20(26-10-9-18-7-3-11-30-18)27-14-16-5-2-6-17(13-16)22(23,24)25/h2-8,11-13,29H,9-10,14-15H2,1H3,(H2,26,27,28). The molecule has 0 fully saturated rings. The normalized spacial score (nSPS) is 14.3. The summed E-state index contributed by atoms with van der Waals surface area (Å²) >= 11 is 0. The number of guanidine groups is 1. The van der Waals surface area contributed by atoms with Crippen LogP contribution < -0.4 is 10.6 Å². The van der Waals surface area contributed by atoms with Gasteiger partial charge >= 0.3 is 6.18 Å². The summed E-state index contributed by atoms with van der Waals surface area (Å²) < 4.78 is 49.4. The third kappa shape index (κ3) is 6.65. The first-order valence-corrected chi connectivity index (χ1v) is 9.71. The lowest BCUT2D eigenvalue weighted by Crippen LogP contribution is -2.45. The molecule has 0 aliphatic heterocycles. The van der Waals surface area contributed by atoms with Crippen molar-refractivity contribution < 1.29 is 27.1 Å². The van der Waals surface area contributed by atoms with Gasteiger partial charge in [-0.25, -0.2) is 4.99 Å². The zero-order valence-electron chi connectivity index (χ0n) is 16.9. The lowest BCUT2D eigenvalue weighted by Gasteiger charge is -2.23. The highest BCUT2D eigenvalue weighted by Gasteiger charge is 2.30. The average Bonchev–Trinajstić information content (AvgIpc) is 3.43. The molecule has 31 heavy (non-hydrogen) atoms. The molecule has 0 amide bonds. The predicted molar refractivity (Wildman–Crippen MR) is 109 cm³/mol. The minimum atomic E-state index is -4.41. The van der Waals surface area contributed by atoms with E-state index in [4.69, 9.17) is 8.83 Å². The van der Waals surface area contributed by atoms with Crippen LogP contribution in [0.4, 0.5) is 13.2 Å². The van der Waals surface area contributed by atoms with E-state index < -0.39 is 17.3 Å². The van der Waals surface area contributed by atoms with Crippen LogP contribution in [0.15, 0.2) is 74.9 Å². The molecule has 9 heteroatoms. The zero-order valence-corrected chi connectivity index (χ0v) is 16.9. The van der Waals surface area contributed by atoms with Crippen molar-refractivity contribution in [3.63, 3.8) is 0 Å². The second kappa shape index (κ2) is 9.74. The fourth-order valence-corrected chi connectivity index (χ4v) is 2.88. The molecular weight excluding hydrogens is 411 g/mol. The molecule has 1 atom stereocenters. The van der Waals surface area contributed by atoms with Crippen LogP contribution in [0.3, 0.4) is 0 Å². The number of hydrogen-bond donors (Lipinski definition) is 3. The summed E-state index contributed by atoms with van der Waals surface area (Å²) in [6.45, 7) is 2.18. The van der Waals surface area contributed by atoms with Crippen molar-refractivity contribution in [2.75, 3.05) is 13.1 Å². The zero-order chi connectivity index (χ0) is 22.3. The number of benzene rings is 1. The Labute approximate surface area is 177 Å². The van der Waals surface area contributed by atoms with Gasteiger partial charge in [0.1, 0.15) is 17.1 Å². The van der Waals surface area contributed by atoms with E-state index in [1.54, 1.807) is 37.5 Å². The van der Waals surface area contributed by atoms with Crippen molar-refractivity contribution in [2.45, 2.75) is 31.7 Å². The lowest BCUT2D eigenvalue weighted by atomic mass is 10.0. The summed E-state index contributed by atoms with van der Waals surface area (Å²) in [7, 11) is 0. The van der Waals surface area contributed by atoms with Gasteiger partial charge in [0.2, 0.25) is 0 Å². The van der Waals surface area contributed by atoms with Crippen LogP contribution in [0.2, 0.25) is 0 Å². The molecule has 6 nitrogen and oxygen atoms in total. The SMILES string of the molecule is CC(O)(CNC(=NCc1cccc(C(F)(F)F)c1)NCCc1ccco1)c1ccco1. The molecule has 0 radical (unpaired) electrons. The van der Waals surface area contributed by atoms with E-state index in [1.807, 2.05) is 6.07 Å². The number of alkyl halides is 3. The molecule has 1 aromatic carbocycles. The lowest BCUT2D eigenvalue weighted by molar-refractivity contribution is -0.137. The highest BCUT2D eigenvalue weighted by atomic mass is 19.4. The molecule has 166 valence electrons. The summed E-state index contributed by atoms with van der Waals surface area (Å²) in [5.41, 5.74) is -1.61. The molecular formula is C22H24F3N3O3. The smallest absolute Gasteiger partial charge is 0.416 e. The van der Waals surface area contributed by atoms with E-state index in [9.17, 15) is 18.3 Å². The molecule has 0 spiro atoms. The Morgan fingerprint density at radius 3 is 2.48 bits per heavy atom. The third-order valence-corrected chi connectivity index (χ3v) is 4.57. The van der Waals surface area contributed by atoms with Crippen molar-refractivity contribution in [2.24, 2.45) is 4.99 Å². The highest BCUT2D eigenvalue weighted by Crippen LogP contribution is 2.29. The first-order valence-electron chi connectivity index (χ1n) is 9.71. The maximum Gasteiger partial charge on any atom is 0.416 e. The van der Waals surface area contributed by atoms with Crippen LogP contribution in [0, 0.1) is 0 Å². The first-order chi connectivity index (χ1) is 14.7. The fourth-order valence-electron chi connectivity index (χ4n) is 2.88. The fraction of sp³-hybridized carbons (Fsp3) is 0.318. The highest BCUT2D eigenvalue weighted by molar-refractivity contribution is 5.79. The van der Waals surface area contributed by atoms with Gasteiger partial charge in [0.15, 0.2) is 5.96 Å². The Bertz CT molecular complexity index is 966. The Hall–Kier alpha value is -3.20. The molecule has 0 aliphatic rings. The van der Waals surface area contributed by atoms with Gasteiger partial charge in [-0.3, -0.25) is 0 Å². The van der Waals surface area contributed by atoms with Crippen LogP contribution in [-0.2, 0) is 24.7 Å². The molecule has 0 saturated carbocycles. The minimum Gasteiger partial charge on any atom is -0.469 e. The van der Waals surface area contributed by atoms with Crippen LogP contribution in [0.5, 0.6) is 0 Å². The minimum absolute atomic E-state index is 0.0307. The maximum absolute atomic E-state index is 12.9. The Morgan fingerprint density at radius 1 is 1.03 bits per heavy atom. The molecule has 3 aromatic rings. The summed E-state index contributed by atoms with van der Waals surface area (Å²) in [5, 5.41) is 16.8. The average molecular weight is 435 g/mol. The van der Waals surface area contributed by atoms with E-state index in [2.05, 4.69) is 15.6 Å². The number of furan rings is 2. The number of rotatable bonds is 8. The van der Waals surface area contributed by atoms with Crippen molar-refractivity contribution >= 4 is 5.96 Å². The molecule has 2 aromatic heterocycles. The number of aliphatic hydroxyl groups is 1. The van der Waals surface area contributed by atoms with Crippen LogP contribution in [-0.4, -0.2) is 24.2 Å². The Balaban J connectivity index is 1.68. The van der Waals surface area contributed by atoms with Crippen LogP contribution in [0.25, 0.3) is 0 Å². The molecule has 3 N–H and O–H groups in total. The largest absolute Gasteiger partial charge is 0.469 e. The second-order valence-electron chi connectivity index (χ2n) is 7.22. The topological polar surface area (TPSA) is 82.9 Å². The van der Waals surface area contributed by atoms with Gasteiger partial charge in [0.05, 0.1) is 31.2 Å². The molecule has 0 bridgehead atoms. The van der Waals surface area contributed by atoms with Gasteiger partial charge in [0.25, 0.3) is 0 Å². The van der Waals surface area contributed by atoms with Crippen molar-refractivity contribution in [1.29, 1.82) is 0 Å². The molecule has 0 saturated heterocycles. The van der Waals surface area contributed by atoms with E-state index in [0.717, 1.165) is 17.9 Å². The first kappa shape index (κ1) is 22.5. The van der Waals surface area contributed by atoms with Gasteiger partial charge in [-0.2, -0.15) is 13.2 Å². The predicted octanol–water partition coefficient (Wildman–Crippen LogP) is 4.08. The molecule has 3 rings (SSSR count). The van der Waals surface area contributed by atoms with Gasteiger partial charge < -0.3 is 24.6 Å². The number of aliphatic imine (C=N–C) groups is 1. The van der Waals surface area contributed by atoms with E-state index in [0.29, 0.717) is 30.2 Å². The summed E-state index contributed by atoms with van der Waals surface area (Å²) in [6.07, 6.45) is -0.777. The molecule has 2 heterocycles. The Morgan fingerprint density at radius 2 is 1.81 bits per heavy atom. The van der Waals surface area contributed by atoms with Crippen molar-refractivity contribution in [3.8, 4) is 0 Å². The van der Waals surface area contributed by atoms with Crippen molar-refractivity contribution in [1.82, 2.24) is 10.6 Å². The van der Waals surface area contributed by atoms with Gasteiger partial charge in [-0.05, 0) is 48.9 Å². The number of nitrogens with zero attached hydrogens (tertiary/aromatic N) is 1.